The molecule has 28 heavy (non-hydrogen) atoms. The molecule has 0 fully saturated rings. The summed E-state index contributed by atoms with van der Waals surface area (Å²) in [5.41, 5.74) is 2.27. The largest absolute Gasteiger partial charge is 0.457 e. The first-order valence-corrected chi connectivity index (χ1v) is 8.80. The Bertz CT molecular complexity index is 1140. The van der Waals surface area contributed by atoms with Gasteiger partial charge in [-0.3, -0.25) is 9.78 Å². The highest BCUT2D eigenvalue weighted by atomic mass is 19.1. The molecule has 4 aromatic rings. The number of anilines is 1. The zero-order valence-corrected chi connectivity index (χ0v) is 15.1. The molecule has 4 rings (SSSR count). The number of hydrogen-bond donors (Lipinski definition) is 1. The van der Waals surface area contributed by atoms with Gasteiger partial charge in [0.25, 0.3) is 5.91 Å². The number of nitrogens with one attached hydrogen (secondary N) is 1. The number of carbonyl (C=O) groups is 1. The maximum Gasteiger partial charge on any atom is 0.256 e. The van der Waals surface area contributed by atoms with E-state index in [-0.39, 0.29) is 5.91 Å². The van der Waals surface area contributed by atoms with E-state index in [1.165, 1.54) is 12.1 Å². The first kappa shape index (κ1) is 17.7. The second-order valence-electron chi connectivity index (χ2n) is 6.37. The monoisotopic (exact) mass is 372 g/mol. The van der Waals surface area contributed by atoms with Crippen LogP contribution in [0, 0.1) is 12.7 Å². The predicted octanol–water partition coefficient (Wildman–Crippen LogP) is 5.73. The van der Waals surface area contributed by atoms with E-state index < -0.39 is 5.82 Å². The summed E-state index contributed by atoms with van der Waals surface area (Å²) in [6.07, 6.45) is 0. The Morgan fingerprint density at radius 1 is 0.929 bits per heavy atom. The maximum absolute atomic E-state index is 13.7. The molecule has 1 N–H and O–H groups in total. The lowest BCUT2D eigenvalue weighted by Crippen LogP contribution is -2.13. The molecule has 4 nitrogen and oxygen atoms in total. The number of rotatable bonds is 4. The number of amides is 1. The third-order valence-corrected chi connectivity index (χ3v) is 4.23. The molecule has 0 unspecified atom stereocenters. The van der Waals surface area contributed by atoms with Crippen molar-refractivity contribution in [2.45, 2.75) is 6.92 Å². The van der Waals surface area contributed by atoms with Crippen LogP contribution >= 0.6 is 0 Å². The first-order valence-electron chi connectivity index (χ1n) is 8.80. The van der Waals surface area contributed by atoms with Crippen molar-refractivity contribution in [2.75, 3.05) is 5.32 Å². The Kier molecular flexibility index (Phi) is 4.72. The van der Waals surface area contributed by atoms with Crippen molar-refractivity contribution < 1.29 is 13.9 Å². The molecule has 138 valence electrons. The third kappa shape index (κ3) is 3.83. The van der Waals surface area contributed by atoms with Gasteiger partial charge in [0.2, 0.25) is 0 Å². The minimum Gasteiger partial charge on any atom is -0.457 e. The van der Waals surface area contributed by atoms with Gasteiger partial charge in [0.15, 0.2) is 0 Å². The lowest BCUT2D eigenvalue weighted by Gasteiger charge is -2.10. The van der Waals surface area contributed by atoms with Gasteiger partial charge in [-0.25, -0.2) is 4.39 Å². The summed E-state index contributed by atoms with van der Waals surface area (Å²) in [5, 5.41) is 3.32. The van der Waals surface area contributed by atoms with Gasteiger partial charge in [-0.15, -0.1) is 0 Å². The molecule has 1 amide bonds. The van der Waals surface area contributed by atoms with E-state index >= 15 is 0 Å². The average Bonchev–Trinajstić information content (AvgIpc) is 2.70. The van der Waals surface area contributed by atoms with Crippen molar-refractivity contribution in [3.63, 3.8) is 0 Å². The molecule has 1 aromatic heterocycles. The van der Waals surface area contributed by atoms with Gasteiger partial charge in [-0.05, 0) is 67.6 Å². The number of ether oxygens (including phenoxy) is 1. The zero-order chi connectivity index (χ0) is 19.5. The number of pyridine rings is 1. The van der Waals surface area contributed by atoms with E-state index in [0.29, 0.717) is 33.6 Å². The molecule has 5 heteroatoms. The lowest BCUT2D eigenvalue weighted by atomic mass is 10.1. The van der Waals surface area contributed by atoms with Crippen LogP contribution in [0.3, 0.4) is 0 Å². The van der Waals surface area contributed by atoms with Gasteiger partial charge in [0.05, 0.1) is 11.1 Å². The minimum atomic E-state index is -0.408. The second kappa shape index (κ2) is 7.48. The molecular formula is C23H17FN2O2. The van der Waals surface area contributed by atoms with Crippen molar-refractivity contribution in [3.05, 3.63) is 95.9 Å². The highest BCUT2D eigenvalue weighted by molar-refractivity contribution is 6.12. The summed E-state index contributed by atoms with van der Waals surface area (Å²) < 4.78 is 19.4. The number of benzene rings is 3. The first-order chi connectivity index (χ1) is 13.6. The van der Waals surface area contributed by atoms with Crippen molar-refractivity contribution in [1.29, 1.82) is 0 Å². The quantitative estimate of drug-likeness (QED) is 0.498. The number of fused-ring (bicyclic) bond motifs is 1. The molecule has 3 aromatic carbocycles. The second-order valence-corrected chi connectivity index (χ2v) is 6.37. The standard InChI is InChI=1S/C23H17FN2O2/c1-15-13-21(20-14-16(24)7-12-22(20)25-15)23(27)26-17-8-10-19(11-9-17)28-18-5-3-2-4-6-18/h2-14H,1H3,(H,26,27). The van der Waals surface area contributed by atoms with Crippen LogP contribution in [0.2, 0.25) is 0 Å². The Balaban J connectivity index is 1.55. The number of carbonyl (C=O) groups excluding carboxylic acids is 1. The summed E-state index contributed by atoms with van der Waals surface area (Å²) in [6.45, 7) is 1.80. The van der Waals surface area contributed by atoms with Gasteiger partial charge in [0.1, 0.15) is 17.3 Å². The number of hydrogen-bond acceptors (Lipinski definition) is 3. The summed E-state index contributed by atoms with van der Waals surface area (Å²) in [7, 11) is 0. The highest BCUT2D eigenvalue weighted by Crippen LogP contribution is 2.24. The molecule has 0 spiro atoms. The maximum atomic E-state index is 13.7. The molecule has 0 bridgehead atoms. The van der Waals surface area contributed by atoms with E-state index in [1.54, 1.807) is 43.3 Å². The Hall–Kier alpha value is -3.73. The summed E-state index contributed by atoms with van der Waals surface area (Å²) in [4.78, 5) is 17.1. The Morgan fingerprint density at radius 2 is 1.64 bits per heavy atom. The number of nitrogens with zero attached hydrogens (tertiary/aromatic N) is 1. The van der Waals surface area contributed by atoms with E-state index in [9.17, 15) is 9.18 Å². The SMILES string of the molecule is Cc1cc(C(=O)Nc2ccc(Oc3ccccc3)cc2)c2cc(F)ccc2n1. The number of para-hydroxylation sites is 1. The van der Waals surface area contributed by atoms with Crippen LogP contribution in [-0.2, 0) is 0 Å². The fourth-order valence-electron chi connectivity index (χ4n) is 2.95. The minimum absolute atomic E-state index is 0.321. The van der Waals surface area contributed by atoms with E-state index in [0.717, 1.165) is 5.75 Å². The molecule has 0 atom stereocenters. The zero-order valence-electron chi connectivity index (χ0n) is 15.1. The fourth-order valence-corrected chi connectivity index (χ4v) is 2.95. The van der Waals surface area contributed by atoms with Crippen LogP contribution < -0.4 is 10.1 Å². The van der Waals surface area contributed by atoms with Crippen LogP contribution in [0.5, 0.6) is 11.5 Å². The summed E-state index contributed by atoms with van der Waals surface area (Å²) in [5.74, 6) is 0.670. The molecule has 0 aliphatic rings. The van der Waals surface area contributed by atoms with Gasteiger partial charge in [0, 0.05) is 16.8 Å². The molecule has 0 radical (unpaired) electrons. The van der Waals surface area contributed by atoms with Gasteiger partial charge in [-0.1, -0.05) is 18.2 Å². The van der Waals surface area contributed by atoms with Crippen molar-refractivity contribution in [2.24, 2.45) is 0 Å². The van der Waals surface area contributed by atoms with Crippen LogP contribution in [0.1, 0.15) is 16.1 Å². The fraction of sp³-hybridized carbons (Fsp3) is 0.0435. The van der Waals surface area contributed by atoms with Crippen molar-refractivity contribution in [3.8, 4) is 11.5 Å². The van der Waals surface area contributed by atoms with Gasteiger partial charge < -0.3 is 10.1 Å². The van der Waals surface area contributed by atoms with E-state index in [4.69, 9.17) is 4.74 Å². The third-order valence-electron chi connectivity index (χ3n) is 4.23. The Labute approximate surface area is 161 Å². The predicted molar refractivity (Wildman–Crippen MR) is 107 cm³/mol. The van der Waals surface area contributed by atoms with E-state index in [1.807, 2.05) is 30.3 Å². The highest BCUT2D eigenvalue weighted by Gasteiger charge is 2.13. The number of halogens is 1. The topological polar surface area (TPSA) is 51.2 Å². The Morgan fingerprint density at radius 3 is 2.39 bits per heavy atom. The van der Waals surface area contributed by atoms with Crippen LogP contribution in [0.15, 0.2) is 78.9 Å². The smallest absolute Gasteiger partial charge is 0.256 e. The number of aromatic nitrogens is 1. The van der Waals surface area contributed by atoms with Crippen LogP contribution in [0.4, 0.5) is 10.1 Å². The molecule has 0 aliphatic carbocycles. The van der Waals surface area contributed by atoms with Gasteiger partial charge >= 0.3 is 0 Å². The van der Waals surface area contributed by atoms with Crippen LogP contribution in [-0.4, -0.2) is 10.9 Å². The molecule has 0 saturated carbocycles. The van der Waals surface area contributed by atoms with Gasteiger partial charge in [-0.2, -0.15) is 0 Å². The number of aryl methyl sites for hydroxylation is 1. The van der Waals surface area contributed by atoms with Crippen molar-refractivity contribution in [1.82, 2.24) is 4.98 Å². The molecule has 0 saturated heterocycles. The normalized spacial score (nSPS) is 10.6. The lowest BCUT2D eigenvalue weighted by molar-refractivity contribution is 0.102. The summed E-state index contributed by atoms with van der Waals surface area (Å²) in [6, 6.07) is 22.4. The van der Waals surface area contributed by atoms with Crippen molar-refractivity contribution >= 4 is 22.5 Å². The van der Waals surface area contributed by atoms with Crippen LogP contribution in [0.25, 0.3) is 10.9 Å². The summed E-state index contributed by atoms with van der Waals surface area (Å²) >= 11 is 0. The molecule has 1 heterocycles. The molecule has 0 aliphatic heterocycles. The molecular weight excluding hydrogens is 355 g/mol. The van der Waals surface area contributed by atoms with E-state index in [2.05, 4.69) is 10.3 Å². The average molecular weight is 372 g/mol.